The zero-order valence-corrected chi connectivity index (χ0v) is 11.1. The number of piperidine rings is 1. The van der Waals surface area contributed by atoms with Gasteiger partial charge in [-0.2, -0.15) is 0 Å². The number of hydrogen-bond donors (Lipinski definition) is 3. The fourth-order valence-corrected chi connectivity index (χ4v) is 2.22. The molecule has 7 nitrogen and oxygen atoms in total. The van der Waals surface area contributed by atoms with E-state index in [1.807, 2.05) is 11.9 Å². The van der Waals surface area contributed by atoms with E-state index in [9.17, 15) is 14.4 Å². The van der Waals surface area contributed by atoms with Crippen molar-refractivity contribution in [1.82, 2.24) is 10.2 Å². The summed E-state index contributed by atoms with van der Waals surface area (Å²) in [5.74, 6) is -2.01. The van der Waals surface area contributed by atoms with Crippen molar-refractivity contribution in [3.05, 3.63) is 0 Å². The van der Waals surface area contributed by atoms with Crippen LogP contribution in [-0.4, -0.2) is 53.5 Å². The molecule has 0 saturated carbocycles. The lowest BCUT2D eigenvalue weighted by molar-refractivity contribution is -0.143. The van der Waals surface area contributed by atoms with E-state index in [1.165, 1.54) is 0 Å². The fourth-order valence-electron chi connectivity index (χ4n) is 2.22. The number of nitrogens with zero attached hydrogens (tertiary/aromatic N) is 1. The first-order valence-corrected chi connectivity index (χ1v) is 6.43. The number of primary amides is 1. The van der Waals surface area contributed by atoms with Crippen molar-refractivity contribution in [1.29, 1.82) is 0 Å². The van der Waals surface area contributed by atoms with Crippen molar-refractivity contribution in [2.24, 2.45) is 5.73 Å². The van der Waals surface area contributed by atoms with Crippen LogP contribution in [0.2, 0.25) is 0 Å². The number of rotatable bonds is 6. The molecule has 7 heteroatoms. The molecule has 1 rings (SSSR count). The maximum Gasteiger partial charge on any atom is 0.326 e. The highest BCUT2D eigenvalue weighted by atomic mass is 16.4. The van der Waals surface area contributed by atoms with Crippen LogP contribution in [0.25, 0.3) is 0 Å². The number of hydrogen-bond acceptors (Lipinski definition) is 4. The molecule has 0 aromatic carbocycles. The summed E-state index contributed by atoms with van der Waals surface area (Å²) in [6, 6.07) is -1.35. The Hall–Kier alpha value is -1.63. The van der Waals surface area contributed by atoms with Crippen LogP contribution in [0.1, 0.15) is 32.1 Å². The molecule has 1 aliphatic heterocycles. The third kappa shape index (κ3) is 4.86. The minimum atomic E-state index is -1.15. The number of likely N-dealkylation sites (tertiary alicyclic amines) is 1. The summed E-state index contributed by atoms with van der Waals surface area (Å²) in [6.07, 6.45) is 2.70. The molecule has 1 unspecified atom stereocenters. The Balaban J connectivity index is 2.55. The number of likely N-dealkylation sites (N-methyl/N-ethyl adjacent to an activating group) is 1. The number of amides is 2. The largest absolute Gasteiger partial charge is 0.480 e. The van der Waals surface area contributed by atoms with Gasteiger partial charge in [-0.25, -0.2) is 4.79 Å². The van der Waals surface area contributed by atoms with Gasteiger partial charge in [0.15, 0.2) is 0 Å². The second-order valence-corrected chi connectivity index (χ2v) is 4.90. The van der Waals surface area contributed by atoms with E-state index in [1.54, 1.807) is 0 Å². The molecule has 0 bridgehead atoms. The van der Waals surface area contributed by atoms with Gasteiger partial charge in [0.1, 0.15) is 6.04 Å². The summed E-state index contributed by atoms with van der Waals surface area (Å²) < 4.78 is 0. The Morgan fingerprint density at radius 3 is 2.63 bits per heavy atom. The molecule has 1 aliphatic rings. The van der Waals surface area contributed by atoms with Gasteiger partial charge < -0.3 is 16.2 Å². The highest BCUT2D eigenvalue weighted by molar-refractivity contribution is 5.87. The molecule has 0 radical (unpaired) electrons. The highest BCUT2D eigenvalue weighted by Gasteiger charge is 2.29. The van der Waals surface area contributed by atoms with Crippen LogP contribution in [0.5, 0.6) is 0 Å². The molecule has 4 N–H and O–H groups in total. The summed E-state index contributed by atoms with van der Waals surface area (Å²) >= 11 is 0. The smallest absolute Gasteiger partial charge is 0.326 e. The maximum absolute atomic E-state index is 12.0. The first-order chi connectivity index (χ1) is 8.91. The van der Waals surface area contributed by atoms with E-state index in [4.69, 9.17) is 10.8 Å². The Morgan fingerprint density at radius 2 is 2.11 bits per heavy atom. The van der Waals surface area contributed by atoms with Gasteiger partial charge in [-0.3, -0.25) is 14.5 Å². The lowest BCUT2D eigenvalue weighted by Gasteiger charge is -2.32. The average molecular weight is 271 g/mol. The second-order valence-electron chi connectivity index (χ2n) is 4.90. The maximum atomic E-state index is 12.0. The molecule has 0 aliphatic carbocycles. The van der Waals surface area contributed by atoms with Crippen LogP contribution in [0, 0.1) is 0 Å². The lowest BCUT2D eigenvalue weighted by Crippen LogP contribution is -2.52. The van der Waals surface area contributed by atoms with Gasteiger partial charge in [0.2, 0.25) is 11.8 Å². The van der Waals surface area contributed by atoms with E-state index in [0.29, 0.717) is 0 Å². The second kappa shape index (κ2) is 7.08. The van der Waals surface area contributed by atoms with E-state index in [-0.39, 0.29) is 24.8 Å². The summed E-state index contributed by atoms with van der Waals surface area (Å²) in [4.78, 5) is 35.7. The van der Waals surface area contributed by atoms with E-state index in [2.05, 4.69) is 5.32 Å². The van der Waals surface area contributed by atoms with Gasteiger partial charge in [-0.15, -0.1) is 0 Å². The fraction of sp³-hybridized carbons (Fsp3) is 0.750. The third-order valence-corrected chi connectivity index (χ3v) is 3.37. The molecule has 1 heterocycles. The molecule has 2 atom stereocenters. The third-order valence-electron chi connectivity index (χ3n) is 3.37. The molecule has 0 aromatic rings. The standard InChI is InChI=1S/C12H21N3O4/c1-15-7-3-2-4-9(15)11(17)14-8(12(18)19)5-6-10(13)16/h8-9H,2-7H2,1H3,(H2,13,16)(H,14,17)(H,18,19)/t8-,9?/m0/s1. The summed E-state index contributed by atoms with van der Waals surface area (Å²) in [7, 11) is 1.85. The molecule has 2 amide bonds. The monoisotopic (exact) mass is 271 g/mol. The van der Waals surface area contributed by atoms with Crippen molar-refractivity contribution >= 4 is 17.8 Å². The van der Waals surface area contributed by atoms with Crippen molar-refractivity contribution in [3.63, 3.8) is 0 Å². The van der Waals surface area contributed by atoms with E-state index >= 15 is 0 Å². The van der Waals surface area contributed by atoms with Crippen LogP contribution in [0.15, 0.2) is 0 Å². The first kappa shape index (κ1) is 15.4. The number of nitrogens with one attached hydrogen (secondary N) is 1. The summed E-state index contributed by atoms with van der Waals surface area (Å²) in [5, 5.41) is 11.5. The average Bonchev–Trinajstić information content (AvgIpc) is 2.34. The first-order valence-electron chi connectivity index (χ1n) is 6.43. The number of carbonyl (C=O) groups is 3. The molecule has 0 aromatic heterocycles. The molecular weight excluding hydrogens is 250 g/mol. The number of nitrogens with two attached hydrogens (primary N) is 1. The Kier molecular flexibility index (Phi) is 5.75. The molecule has 19 heavy (non-hydrogen) atoms. The lowest BCUT2D eigenvalue weighted by atomic mass is 10.0. The predicted molar refractivity (Wildman–Crippen MR) is 68.3 cm³/mol. The predicted octanol–water partition coefficient (Wildman–Crippen LogP) is -0.694. The zero-order valence-electron chi connectivity index (χ0n) is 11.1. The van der Waals surface area contributed by atoms with Crippen molar-refractivity contribution in [2.45, 2.75) is 44.2 Å². The van der Waals surface area contributed by atoms with Crippen molar-refractivity contribution < 1.29 is 19.5 Å². The quantitative estimate of drug-likeness (QED) is 0.591. The topological polar surface area (TPSA) is 113 Å². The molecule has 1 fully saturated rings. The number of carboxylic acid groups (broad SMARTS) is 1. The Labute approximate surface area is 112 Å². The van der Waals surface area contributed by atoms with Crippen LogP contribution in [0.4, 0.5) is 0 Å². The van der Waals surface area contributed by atoms with Crippen LogP contribution < -0.4 is 11.1 Å². The summed E-state index contributed by atoms with van der Waals surface area (Å²) in [5.41, 5.74) is 4.98. The van der Waals surface area contributed by atoms with Gasteiger partial charge in [0, 0.05) is 6.42 Å². The van der Waals surface area contributed by atoms with E-state index in [0.717, 1.165) is 25.8 Å². The Bertz CT molecular complexity index is 359. The normalized spacial score (nSPS) is 21.6. The minimum Gasteiger partial charge on any atom is -0.480 e. The SMILES string of the molecule is CN1CCCCC1C(=O)N[C@@H](CCC(N)=O)C(=O)O. The van der Waals surface area contributed by atoms with Crippen LogP contribution >= 0.6 is 0 Å². The van der Waals surface area contributed by atoms with E-state index < -0.39 is 17.9 Å². The van der Waals surface area contributed by atoms with Gasteiger partial charge >= 0.3 is 5.97 Å². The minimum absolute atomic E-state index is 0.0207. The van der Waals surface area contributed by atoms with Gasteiger partial charge in [0.25, 0.3) is 0 Å². The molecule has 108 valence electrons. The van der Waals surface area contributed by atoms with Gasteiger partial charge in [-0.1, -0.05) is 6.42 Å². The molecule has 1 saturated heterocycles. The number of carboxylic acids is 1. The van der Waals surface area contributed by atoms with Crippen LogP contribution in [-0.2, 0) is 14.4 Å². The number of aliphatic carboxylic acids is 1. The van der Waals surface area contributed by atoms with Gasteiger partial charge in [-0.05, 0) is 32.9 Å². The zero-order chi connectivity index (χ0) is 14.4. The molecular formula is C12H21N3O4. The summed E-state index contributed by atoms with van der Waals surface area (Å²) in [6.45, 7) is 0.830. The van der Waals surface area contributed by atoms with Gasteiger partial charge in [0.05, 0.1) is 6.04 Å². The molecule has 0 spiro atoms. The number of carbonyl (C=O) groups excluding carboxylic acids is 2. The highest BCUT2D eigenvalue weighted by Crippen LogP contribution is 2.15. The van der Waals surface area contributed by atoms with Crippen molar-refractivity contribution in [3.8, 4) is 0 Å². The van der Waals surface area contributed by atoms with Crippen LogP contribution in [0.3, 0.4) is 0 Å². The van der Waals surface area contributed by atoms with Crippen molar-refractivity contribution in [2.75, 3.05) is 13.6 Å². The Morgan fingerprint density at radius 1 is 1.42 bits per heavy atom.